The summed E-state index contributed by atoms with van der Waals surface area (Å²) < 4.78 is 0. The van der Waals surface area contributed by atoms with Crippen LogP contribution in [0, 0.1) is 5.92 Å². The Morgan fingerprint density at radius 1 is 1.38 bits per heavy atom. The molecule has 0 aromatic carbocycles. The first-order valence-electron chi connectivity index (χ1n) is 6.21. The number of amides is 1. The van der Waals surface area contributed by atoms with Gasteiger partial charge in [0.2, 0.25) is 5.91 Å². The summed E-state index contributed by atoms with van der Waals surface area (Å²) in [4.78, 5) is 11.3. The number of carbonyl (C=O) groups is 1. The van der Waals surface area contributed by atoms with Crippen molar-refractivity contribution >= 4 is 5.91 Å². The van der Waals surface area contributed by atoms with Crippen molar-refractivity contribution in [1.29, 1.82) is 0 Å². The van der Waals surface area contributed by atoms with Gasteiger partial charge in [-0.2, -0.15) is 0 Å². The van der Waals surface area contributed by atoms with Crippen molar-refractivity contribution in [1.82, 2.24) is 10.6 Å². The maximum absolute atomic E-state index is 11.3. The topological polar surface area (TPSA) is 61.4 Å². The van der Waals surface area contributed by atoms with Crippen molar-refractivity contribution in [3.8, 4) is 0 Å². The zero-order valence-corrected chi connectivity index (χ0v) is 10.8. The molecule has 0 fully saturated rings. The lowest BCUT2D eigenvalue weighted by Gasteiger charge is -2.13. The van der Waals surface area contributed by atoms with Gasteiger partial charge in [-0.05, 0) is 18.8 Å². The number of aliphatic hydroxyl groups excluding tert-OH is 1. The molecule has 96 valence electrons. The molecule has 0 aliphatic carbocycles. The molecule has 4 heteroatoms. The highest BCUT2D eigenvalue weighted by Gasteiger charge is 2.07. The van der Waals surface area contributed by atoms with Crippen molar-refractivity contribution in [3.05, 3.63) is 0 Å². The smallest absolute Gasteiger partial charge is 0.233 e. The van der Waals surface area contributed by atoms with Gasteiger partial charge in [0.1, 0.15) is 0 Å². The lowest BCUT2D eigenvalue weighted by Crippen LogP contribution is -2.37. The maximum atomic E-state index is 11.3. The minimum Gasteiger partial charge on any atom is -0.392 e. The largest absolute Gasteiger partial charge is 0.392 e. The summed E-state index contributed by atoms with van der Waals surface area (Å²) in [5, 5.41) is 15.3. The summed E-state index contributed by atoms with van der Waals surface area (Å²) in [6.07, 6.45) is 2.51. The molecule has 0 rings (SSSR count). The van der Waals surface area contributed by atoms with Crippen LogP contribution in [0.1, 0.15) is 40.0 Å². The van der Waals surface area contributed by atoms with Crippen LogP contribution in [0.5, 0.6) is 0 Å². The molecule has 0 aliphatic heterocycles. The Morgan fingerprint density at radius 3 is 2.62 bits per heavy atom. The van der Waals surface area contributed by atoms with Gasteiger partial charge in [-0.25, -0.2) is 0 Å². The Kier molecular flexibility index (Phi) is 9.24. The molecule has 0 aliphatic rings. The zero-order chi connectivity index (χ0) is 12.4. The molecule has 0 spiro atoms. The minimum absolute atomic E-state index is 0.00481. The van der Waals surface area contributed by atoms with Crippen molar-refractivity contribution in [2.75, 3.05) is 19.6 Å². The number of carbonyl (C=O) groups excluding carboxylic acids is 1. The third-order valence-electron chi connectivity index (χ3n) is 2.26. The Morgan fingerprint density at radius 2 is 2.06 bits per heavy atom. The number of unbranched alkanes of at least 4 members (excludes halogenated alkanes) is 1. The van der Waals surface area contributed by atoms with E-state index in [1.54, 1.807) is 0 Å². The maximum Gasteiger partial charge on any atom is 0.233 e. The van der Waals surface area contributed by atoms with Crippen LogP contribution in [0.3, 0.4) is 0 Å². The molecule has 1 amide bonds. The van der Waals surface area contributed by atoms with E-state index in [4.69, 9.17) is 0 Å². The van der Waals surface area contributed by atoms with Gasteiger partial charge in [-0.3, -0.25) is 4.79 Å². The predicted molar refractivity (Wildman–Crippen MR) is 66.2 cm³/mol. The van der Waals surface area contributed by atoms with Crippen LogP contribution >= 0.6 is 0 Å². The van der Waals surface area contributed by atoms with E-state index in [-0.39, 0.29) is 12.0 Å². The standard InChI is InChI=1S/C12H26N2O2/c1-4-5-6-14-12(16)9-13-8-11(15)7-10(2)3/h10-11,13,15H,4-9H2,1-3H3,(H,14,16). The third kappa shape index (κ3) is 9.93. The summed E-state index contributed by atoms with van der Waals surface area (Å²) in [7, 11) is 0. The quantitative estimate of drug-likeness (QED) is 0.516. The van der Waals surface area contributed by atoms with E-state index in [2.05, 4.69) is 31.4 Å². The molecule has 0 saturated carbocycles. The van der Waals surface area contributed by atoms with Crippen LogP contribution in [0.4, 0.5) is 0 Å². The molecule has 16 heavy (non-hydrogen) atoms. The monoisotopic (exact) mass is 230 g/mol. The second-order valence-electron chi connectivity index (χ2n) is 4.62. The van der Waals surface area contributed by atoms with Gasteiger partial charge in [-0.1, -0.05) is 27.2 Å². The van der Waals surface area contributed by atoms with Crippen LogP contribution in [-0.2, 0) is 4.79 Å². The minimum atomic E-state index is -0.358. The van der Waals surface area contributed by atoms with Gasteiger partial charge < -0.3 is 15.7 Å². The van der Waals surface area contributed by atoms with Crippen LogP contribution in [-0.4, -0.2) is 36.8 Å². The van der Waals surface area contributed by atoms with Crippen LogP contribution in [0.25, 0.3) is 0 Å². The molecule has 0 aromatic rings. The van der Waals surface area contributed by atoms with Crippen LogP contribution in [0.15, 0.2) is 0 Å². The van der Waals surface area contributed by atoms with Crippen molar-refractivity contribution in [2.45, 2.75) is 46.1 Å². The van der Waals surface area contributed by atoms with Gasteiger partial charge in [0.25, 0.3) is 0 Å². The number of aliphatic hydroxyl groups is 1. The average molecular weight is 230 g/mol. The van der Waals surface area contributed by atoms with Gasteiger partial charge in [0.15, 0.2) is 0 Å². The van der Waals surface area contributed by atoms with Crippen molar-refractivity contribution < 1.29 is 9.90 Å². The number of nitrogens with one attached hydrogen (secondary N) is 2. The Balaban J connectivity index is 3.39. The Hall–Kier alpha value is -0.610. The van der Waals surface area contributed by atoms with E-state index in [1.807, 2.05) is 0 Å². The highest BCUT2D eigenvalue weighted by molar-refractivity contribution is 5.77. The summed E-state index contributed by atoms with van der Waals surface area (Å²) in [6, 6.07) is 0. The SMILES string of the molecule is CCCCNC(=O)CNCC(O)CC(C)C. The highest BCUT2D eigenvalue weighted by atomic mass is 16.3. The average Bonchev–Trinajstić information content (AvgIpc) is 2.17. The predicted octanol–water partition coefficient (Wildman–Crippen LogP) is 0.899. The lowest BCUT2D eigenvalue weighted by molar-refractivity contribution is -0.120. The number of hydrogen-bond donors (Lipinski definition) is 3. The number of hydrogen-bond acceptors (Lipinski definition) is 3. The van der Waals surface area contributed by atoms with E-state index in [0.29, 0.717) is 19.0 Å². The first-order valence-corrected chi connectivity index (χ1v) is 6.21. The second kappa shape index (κ2) is 9.60. The zero-order valence-electron chi connectivity index (χ0n) is 10.8. The van der Waals surface area contributed by atoms with Gasteiger partial charge in [0.05, 0.1) is 12.6 Å². The first-order chi connectivity index (χ1) is 7.56. The Bertz CT molecular complexity index is 184. The molecule has 0 heterocycles. The molecule has 0 bridgehead atoms. The molecular weight excluding hydrogens is 204 g/mol. The molecule has 1 atom stereocenters. The van der Waals surface area contributed by atoms with E-state index >= 15 is 0 Å². The fraction of sp³-hybridized carbons (Fsp3) is 0.917. The number of rotatable bonds is 9. The summed E-state index contributed by atoms with van der Waals surface area (Å²) in [6.45, 7) is 7.75. The summed E-state index contributed by atoms with van der Waals surface area (Å²) in [5.74, 6) is 0.486. The summed E-state index contributed by atoms with van der Waals surface area (Å²) in [5.41, 5.74) is 0. The molecular formula is C12H26N2O2. The molecule has 4 nitrogen and oxygen atoms in total. The second-order valence-corrected chi connectivity index (χ2v) is 4.62. The molecule has 3 N–H and O–H groups in total. The van der Waals surface area contributed by atoms with E-state index in [0.717, 1.165) is 25.8 Å². The molecule has 0 radical (unpaired) electrons. The Labute approximate surface area is 98.8 Å². The lowest BCUT2D eigenvalue weighted by atomic mass is 10.1. The van der Waals surface area contributed by atoms with Crippen molar-refractivity contribution in [3.63, 3.8) is 0 Å². The van der Waals surface area contributed by atoms with E-state index < -0.39 is 0 Å². The van der Waals surface area contributed by atoms with Crippen molar-refractivity contribution in [2.24, 2.45) is 5.92 Å². The fourth-order valence-electron chi connectivity index (χ4n) is 1.45. The fourth-order valence-corrected chi connectivity index (χ4v) is 1.45. The first kappa shape index (κ1) is 15.4. The van der Waals surface area contributed by atoms with Gasteiger partial charge >= 0.3 is 0 Å². The summed E-state index contributed by atoms with van der Waals surface area (Å²) >= 11 is 0. The highest BCUT2D eigenvalue weighted by Crippen LogP contribution is 2.02. The van der Waals surface area contributed by atoms with E-state index in [1.165, 1.54) is 0 Å². The van der Waals surface area contributed by atoms with Gasteiger partial charge in [0, 0.05) is 13.1 Å². The molecule has 0 saturated heterocycles. The van der Waals surface area contributed by atoms with E-state index in [9.17, 15) is 9.90 Å². The van der Waals surface area contributed by atoms with Crippen LogP contribution < -0.4 is 10.6 Å². The normalized spacial score (nSPS) is 12.8. The van der Waals surface area contributed by atoms with Crippen LogP contribution in [0.2, 0.25) is 0 Å². The van der Waals surface area contributed by atoms with Gasteiger partial charge in [-0.15, -0.1) is 0 Å². The molecule has 1 unspecified atom stereocenters. The molecule has 0 aromatic heterocycles. The third-order valence-corrected chi connectivity index (χ3v) is 2.26.